The number of carbonyl (C=O) groups excluding carboxylic acids is 2. The van der Waals surface area contributed by atoms with E-state index in [0.29, 0.717) is 17.6 Å². The van der Waals surface area contributed by atoms with E-state index in [1.54, 1.807) is 6.07 Å². The lowest BCUT2D eigenvalue weighted by molar-refractivity contribution is -0.122. The van der Waals surface area contributed by atoms with E-state index in [2.05, 4.69) is 11.2 Å². The van der Waals surface area contributed by atoms with Gasteiger partial charge in [-0.3, -0.25) is 9.59 Å². The summed E-state index contributed by atoms with van der Waals surface area (Å²) in [5, 5.41) is 2.72. The molecular formula is C12H10ClNO3. The van der Waals surface area contributed by atoms with Crippen molar-refractivity contribution in [3.05, 3.63) is 28.8 Å². The second kappa shape index (κ2) is 6.56. The number of nitrogens with one attached hydrogen (secondary N) is 1. The van der Waals surface area contributed by atoms with Crippen molar-refractivity contribution in [2.75, 3.05) is 13.2 Å². The molecule has 0 fully saturated rings. The van der Waals surface area contributed by atoms with Gasteiger partial charge in [0.15, 0.2) is 6.61 Å². The number of benzene rings is 1. The molecule has 1 aromatic carbocycles. The van der Waals surface area contributed by atoms with Gasteiger partial charge in [-0.05, 0) is 18.2 Å². The highest BCUT2D eigenvalue weighted by Crippen LogP contribution is 2.24. The van der Waals surface area contributed by atoms with Crippen LogP contribution < -0.4 is 10.1 Å². The molecule has 0 spiro atoms. The molecule has 0 aromatic heterocycles. The molecule has 1 rings (SSSR count). The molecule has 0 aliphatic heterocycles. The summed E-state index contributed by atoms with van der Waals surface area (Å²) < 4.78 is 5.17. The molecule has 88 valence electrons. The monoisotopic (exact) mass is 251 g/mol. The zero-order valence-corrected chi connectivity index (χ0v) is 9.66. The van der Waals surface area contributed by atoms with E-state index < -0.39 is 0 Å². The van der Waals surface area contributed by atoms with Crippen molar-refractivity contribution in [1.29, 1.82) is 0 Å². The van der Waals surface area contributed by atoms with E-state index in [0.717, 1.165) is 0 Å². The summed E-state index contributed by atoms with van der Waals surface area (Å²) in [7, 11) is 0. The van der Waals surface area contributed by atoms with Crippen LogP contribution in [-0.2, 0) is 4.79 Å². The summed E-state index contributed by atoms with van der Waals surface area (Å²) in [6.07, 6.45) is 5.66. The smallest absolute Gasteiger partial charge is 0.258 e. The molecule has 0 aliphatic rings. The molecule has 0 bridgehead atoms. The highest BCUT2D eigenvalue weighted by molar-refractivity contribution is 6.32. The molecule has 0 aliphatic carbocycles. The van der Waals surface area contributed by atoms with Crippen molar-refractivity contribution < 1.29 is 14.3 Å². The van der Waals surface area contributed by atoms with E-state index in [9.17, 15) is 9.59 Å². The predicted molar refractivity (Wildman–Crippen MR) is 64.2 cm³/mol. The zero-order valence-electron chi connectivity index (χ0n) is 8.90. The molecular weight excluding hydrogens is 242 g/mol. The third kappa shape index (κ3) is 4.17. The summed E-state index contributed by atoms with van der Waals surface area (Å²) >= 11 is 5.85. The van der Waals surface area contributed by atoms with E-state index in [-0.39, 0.29) is 24.1 Å². The highest BCUT2D eigenvalue weighted by Gasteiger charge is 2.05. The van der Waals surface area contributed by atoms with Gasteiger partial charge in [-0.2, -0.15) is 0 Å². The maximum Gasteiger partial charge on any atom is 0.258 e. The van der Waals surface area contributed by atoms with Gasteiger partial charge < -0.3 is 10.1 Å². The predicted octanol–water partition coefficient (Wildman–Crippen LogP) is 1.28. The number of hydrogen-bond donors (Lipinski definition) is 1. The van der Waals surface area contributed by atoms with Crippen LogP contribution in [0, 0.1) is 12.3 Å². The lowest BCUT2D eigenvalue weighted by atomic mass is 10.2. The highest BCUT2D eigenvalue weighted by atomic mass is 35.5. The Balaban J connectivity index is 2.55. The topological polar surface area (TPSA) is 55.4 Å². The lowest BCUT2D eigenvalue weighted by Crippen LogP contribution is -2.29. The summed E-state index contributed by atoms with van der Waals surface area (Å²) in [6, 6.07) is 4.54. The molecule has 1 N–H and O–H groups in total. The quantitative estimate of drug-likeness (QED) is 0.634. The van der Waals surface area contributed by atoms with Crippen LogP contribution in [0.1, 0.15) is 10.4 Å². The molecule has 1 aromatic rings. The van der Waals surface area contributed by atoms with Gasteiger partial charge in [-0.15, -0.1) is 6.42 Å². The van der Waals surface area contributed by atoms with Crippen LogP contribution in [0.15, 0.2) is 18.2 Å². The van der Waals surface area contributed by atoms with Gasteiger partial charge in [0.05, 0.1) is 11.6 Å². The standard InChI is InChI=1S/C12H10ClNO3/c1-2-5-14-12(16)8-17-11-4-3-9(7-15)6-10(11)13/h1,3-4,6-7H,5,8H2,(H,14,16). The minimum atomic E-state index is -0.335. The Hall–Kier alpha value is -1.99. The van der Waals surface area contributed by atoms with Crippen molar-refractivity contribution in [2.24, 2.45) is 0 Å². The molecule has 0 saturated carbocycles. The van der Waals surface area contributed by atoms with Crippen LogP contribution in [0.25, 0.3) is 0 Å². The van der Waals surface area contributed by atoms with E-state index in [4.69, 9.17) is 22.8 Å². The summed E-state index contributed by atoms with van der Waals surface area (Å²) in [6.45, 7) is -0.0260. The molecule has 4 nitrogen and oxygen atoms in total. The van der Waals surface area contributed by atoms with Gasteiger partial charge in [-0.1, -0.05) is 17.5 Å². The fourth-order valence-corrected chi connectivity index (χ4v) is 1.29. The molecule has 1 amide bonds. The van der Waals surface area contributed by atoms with Crippen LogP contribution in [0.2, 0.25) is 5.02 Å². The maximum atomic E-state index is 11.2. The van der Waals surface area contributed by atoms with Gasteiger partial charge in [0.25, 0.3) is 5.91 Å². The first-order valence-electron chi connectivity index (χ1n) is 4.75. The SMILES string of the molecule is C#CCNC(=O)COc1ccc(C=O)cc1Cl. The number of terminal acetylenes is 1. The summed E-state index contributed by atoms with van der Waals surface area (Å²) in [5.74, 6) is 2.28. The number of halogens is 1. The molecule has 0 saturated heterocycles. The Morgan fingerprint density at radius 3 is 2.94 bits per heavy atom. The van der Waals surface area contributed by atoms with Crippen LogP contribution in [0.5, 0.6) is 5.75 Å². The average molecular weight is 252 g/mol. The van der Waals surface area contributed by atoms with Gasteiger partial charge in [0, 0.05) is 5.56 Å². The van der Waals surface area contributed by atoms with Gasteiger partial charge >= 0.3 is 0 Å². The number of rotatable bonds is 5. The first-order valence-corrected chi connectivity index (χ1v) is 5.13. The van der Waals surface area contributed by atoms with Crippen molar-refractivity contribution in [3.63, 3.8) is 0 Å². The molecule has 0 heterocycles. The summed E-state index contributed by atoms with van der Waals surface area (Å²) in [4.78, 5) is 21.7. The van der Waals surface area contributed by atoms with Crippen molar-refractivity contribution >= 4 is 23.8 Å². The number of ether oxygens (including phenoxy) is 1. The Kier molecular flexibility index (Phi) is 5.05. The fraction of sp³-hybridized carbons (Fsp3) is 0.167. The van der Waals surface area contributed by atoms with Crippen molar-refractivity contribution in [1.82, 2.24) is 5.32 Å². The Morgan fingerprint density at radius 1 is 1.59 bits per heavy atom. The van der Waals surface area contributed by atoms with Crippen LogP contribution >= 0.6 is 11.6 Å². The van der Waals surface area contributed by atoms with E-state index in [1.165, 1.54) is 12.1 Å². The zero-order chi connectivity index (χ0) is 12.7. The number of carbonyl (C=O) groups is 2. The minimum Gasteiger partial charge on any atom is -0.482 e. The normalized spacial score (nSPS) is 9.18. The van der Waals surface area contributed by atoms with Crippen molar-refractivity contribution in [2.45, 2.75) is 0 Å². The van der Waals surface area contributed by atoms with Gasteiger partial charge in [0.1, 0.15) is 12.0 Å². The third-order valence-electron chi connectivity index (χ3n) is 1.84. The number of amides is 1. The fourth-order valence-electron chi connectivity index (χ4n) is 1.05. The molecule has 5 heteroatoms. The third-order valence-corrected chi connectivity index (χ3v) is 2.13. The molecule has 0 radical (unpaired) electrons. The summed E-state index contributed by atoms with van der Waals surface area (Å²) in [5.41, 5.74) is 0.444. The lowest BCUT2D eigenvalue weighted by Gasteiger charge is -2.07. The maximum absolute atomic E-state index is 11.2. The van der Waals surface area contributed by atoms with Gasteiger partial charge in [0.2, 0.25) is 0 Å². The number of aldehydes is 1. The second-order valence-electron chi connectivity index (χ2n) is 3.08. The van der Waals surface area contributed by atoms with Crippen molar-refractivity contribution in [3.8, 4) is 18.1 Å². The molecule has 17 heavy (non-hydrogen) atoms. The minimum absolute atomic E-state index is 0.153. The first-order chi connectivity index (χ1) is 8.17. The first kappa shape index (κ1) is 13.1. The average Bonchev–Trinajstić information content (AvgIpc) is 2.34. The van der Waals surface area contributed by atoms with Crippen LogP contribution in [-0.4, -0.2) is 25.3 Å². The largest absolute Gasteiger partial charge is 0.482 e. The van der Waals surface area contributed by atoms with Crippen LogP contribution in [0.4, 0.5) is 0 Å². The van der Waals surface area contributed by atoms with E-state index >= 15 is 0 Å². The Labute approximate surface area is 104 Å². The van der Waals surface area contributed by atoms with Gasteiger partial charge in [-0.25, -0.2) is 0 Å². The second-order valence-corrected chi connectivity index (χ2v) is 3.48. The number of hydrogen-bond acceptors (Lipinski definition) is 3. The Bertz CT molecular complexity index is 465. The molecule has 0 atom stereocenters. The van der Waals surface area contributed by atoms with E-state index in [1.807, 2.05) is 0 Å². The molecule has 0 unspecified atom stereocenters. The Morgan fingerprint density at radius 2 is 2.35 bits per heavy atom. The van der Waals surface area contributed by atoms with Crippen LogP contribution in [0.3, 0.4) is 0 Å².